The number of fused-ring (bicyclic) bond motifs is 1. The van der Waals surface area contributed by atoms with Crippen LogP contribution in [-0.4, -0.2) is 9.78 Å². The van der Waals surface area contributed by atoms with Crippen LogP contribution in [-0.2, 0) is 13.5 Å². The first kappa shape index (κ1) is 14.2. The van der Waals surface area contributed by atoms with Crippen molar-refractivity contribution in [1.29, 1.82) is 0 Å². The minimum atomic E-state index is 0.239. The average Bonchev–Trinajstić information content (AvgIpc) is 2.68. The van der Waals surface area contributed by atoms with E-state index in [2.05, 4.69) is 62.4 Å². The maximum absolute atomic E-state index is 4.53. The maximum Gasteiger partial charge on any atom is 0.0828 e. The van der Waals surface area contributed by atoms with Crippen LogP contribution in [0, 0.1) is 19.3 Å². The molecule has 1 heterocycles. The molecule has 3 heteroatoms. The molecule has 0 bridgehead atoms. The third kappa shape index (κ3) is 2.35. The van der Waals surface area contributed by atoms with Crippen LogP contribution in [0.25, 0.3) is 0 Å². The molecule has 0 aliphatic heterocycles. The van der Waals surface area contributed by atoms with E-state index in [0.29, 0.717) is 6.04 Å². The summed E-state index contributed by atoms with van der Waals surface area (Å²) in [4.78, 5) is 0. The van der Waals surface area contributed by atoms with Crippen LogP contribution in [0.4, 0.5) is 5.69 Å². The molecule has 0 spiro atoms. The van der Waals surface area contributed by atoms with Gasteiger partial charge in [-0.1, -0.05) is 38.1 Å². The Labute approximate surface area is 127 Å². The van der Waals surface area contributed by atoms with Crippen molar-refractivity contribution in [3.63, 3.8) is 0 Å². The van der Waals surface area contributed by atoms with Gasteiger partial charge in [-0.05, 0) is 43.2 Å². The summed E-state index contributed by atoms with van der Waals surface area (Å²) in [5.74, 6) is 0. The summed E-state index contributed by atoms with van der Waals surface area (Å²) < 4.78 is 1.96. The summed E-state index contributed by atoms with van der Waals surface area (Å²) in [6.45, 7) is 8.93. The first-order valence-corrected chi connectivity index (χ1v) is 7.74. The quantitative estimate of drug-likeness (QED) is 0.896. The molecular formula is C18H25N3. The van der Waals surface area contributed by atoms with Crippen LogP contribution in [0.1, 0.15) is 48.8 Å². The number of aryl methyl sites for hydroxylation is 3. The van der Waals surface area contributed by atoms with E-state index in [4.69, 9.17) is 0 Å². The zero-order valence-corrected chi connectivity index (χ0v) is 13.7. The Morgan fingerprint density at radius 1 is 1.24 bits per heavy atom. The van der Waals surface area contributed by atoms with Crippen molar-refractivity contribution in [2.24, 2.45) is 12.5 Å². The fraction of sp³-hybridized carbons (Fsp3) is 0.500. The fourth-order valence-corrected chi connectivity index (χ4v) is 3.47. The molecule has 2 aromatic rings. The van der Waals surface area contributed by atoms with Gasteiger partial charge < -0.3 is 5.32 Å². The highest BCUT2D eigenvalue weighted by Crippen LogP contribution is 2.45. The Morgan fingerprint density at radius 2 is 1.95 bits per heavy atom. The Hall–Kier alpha value is -1.77. The summed E-state index contributed by atoms with van der Waals surface area (Å²) in [7, 11) is 2.01. The molecule has 0 saturated heterocycles. The fourth-order valence-electron chi connectivity index (χ4n) is 3.47. The van der Waals surface area contributed by atoms with E-state index in [-0.39, 0.29) is 5.41 Å². The predicted octanol–water partition coefficient (Wildman–Crippen LogP) is 4.16. The number of nitrogens with zero attached hydrogens (tertiary/aromatic N) is 2. The molecule has 1 aromatic heterocycles. The number of hydrogen-bond acceptors (Lipinski definition) is 2. The van der Waals surface area contributed by atoms with Crippen molar-refractivity contribution in [2.45, 2.75) is 46.6 Å². The van der Waals surface area contributed by atoms with Crippen molar-refractivity contribution in [2.75, 3.05) is 5.32 Å². The predicted molar refractivity (Wildman–Crippen MR) is 87.6 cm³/mol. The lowest BCUT2D eigenvalue weighted by Crippen LogP contribution is -2.33. The highest BCUT2D eigenvalue weighted by molar-refractivity contribution is 5.55. The summed E-state index contributed by atoms with van der Waals surface area (Å²) >= 11 is 0. The molecule has 1 N–H and O–H groups in total. The van der Waals surface area contributed by atoms with E-state index in [1.54, 1.807) is 0 Å². The van der Waals surface area contributed by atoms with Gasteiger partial charge in [0.15, 0.2) is 0 Å². The molecule has 1 unspecified atom stereocenters. The van der Waals surface area contributed by atoms with Crippen LogP contribution in [0.15, 0.2) is 24.3 Å². The first-order chi connectivity index (χ1) is 9.90. The van der Waals surface area contributed by atoms with Crippen molar-refractivity contribution >= 4 is 5.69 Å². The Kier molecular flexibility index (Phi) is 3.31. The molecule has 0 saturated carbocycles. The molecule has 3 rings (SSSR count). The van der Waals surface area contributed by atoms with E-state index in [0.717, 1.165) is 5.69 Å². The monoisotopic (exact) mass is 283 g/mol. The molecule has 1 aromatic carbocycles. The highest BCUT2D eigenvalue weighted by Gasteiger charge is 2.36. The number of benzene rings is 1. The molecule has 1 aliphatic rings. The van der Waals surface area contributed by atoms with Crippen molar-refractivity contribution in [3.05, 3.63) is 46.8 Å². The molecule has 3 nitrogen and oxygen atoms in total. The summed E-state index contributed by atoms with van der Waals surface area (Å²) in [5, 5.41) is 8.34. The number of nitrogens with one attached hydrogen (secondary N) is 1. The van der Waals surface area contributed by atoms with E-state index >= 15 is 0 Å². The van der Waals surface area contributed by atoms with Gasteiger partial charge in [-0.25, -0.2) is 0 Å². The lowest BCUT2D eigenvalue weighted by atomic mass is 9.70. The SMILES string of the molecule is Cc1nn(C)c(C)c1NC1c2ccccc2CCC1(C)C. The molecule has 112 valence electrons. The average molecular weight is 283 g/mol. The van der Waals surface area contributed by atoms with E-state index in [9.17, 15) is 0 Å². The molecule has 0 radical (unpaired) electrons. The van der Waals surface area contributed by atoms with Crippen molar-refractivity contribution in [1.82, 2.24) is 9.78 Å². The Balaban J connectivity index is 2.03. The second-order valence-electron chi connectivity index (χ2n) is 6.93. The number of rotatable bonds is 2. The first-order valence-electron chi connectivity index (χ1n) is 7.74. The van der Waals surface area contributed by atoms with Gasteiger partial charge in [0.25, 0.3) is 0 Å². The minimum absolute atomic E-state index is 0.239. The molecule has 1 atom stereocenters. The molecule has 1 aliphatic carbocycles. The largest absolute Gasteiger partial charge is 0.375 e. The molecule has 21 heavy (non-hydrogen) atoms. The normalized spacial score (nSPS) is 20.1. The van der Waals surface area contributed by atoms with Gasteiger partial charge in [-0.2, -0.15) is 5.10 Å². The molecule has 0 amide bonds. The van der Waals surface area contributed by atoms with E-state index in [1.807, 2.05) is 11.7 Å². The lowest BCUT2D eigenvalue weighted by Gasteiger charge is -2.41. The van der Waals surface area contributed by atoms with Gasteiger partial charge in [0.1, 0.15) is 0 Å². The van der Waals surface area contributed by atoms with Crippen LogP contribution < -0.4 is 5.32 Å². The zero-order valence-electron chi connectivity index (χ0n) is 13.7. The van der Waals surface area contributed by atoms with E-state index < -0.39 is 0 Å². The van der Waals surface area contributed by atoms with Crippen LogP contribution in [0.3, 0.4) is 0 Å². The van der Waals surface area contributed by atoms with Crippen LogP contribution in [0.2, 0.25) is 0 Å². The van der Waals surface area contributed by atoms with Gasteiger partial charge in [0.05, 0.1) is 23.1 Å². The van der Waals surface area contributed by atoms with Gasteiger partial charge in [0.2, 0.25) is 0 Å². The minimum Gasteiger partial charge on any atom is -0.375 e. The van der Waals surface area contributed by atoms with E-state index in [1.165, 1.54) is 35.3 Å². The summed E-state index contributed by atoms with van der Waals surface area (Å²) in [5.41, 5.74) is 6.63. The molecular weight excluding hydrogens is 258 g/mol. The molecule has 0 fully saturated rings. The van der Waals surface area contributed by atoms with Gasteiger partial charge in [0, 0.05) is 7.05 Å². The van der Waals surface area contributed by atoms with Gasteiger partial charge in [-0.3, -0.25) is 4.68 Å². The van der Waals surface area contributed by atoms with Gasteiger partial charge >= 0.3 is 0 Å². The number of hydrogen-bond donors (Lipinski definition) is 1. The Morgan fingerprint density at radius 3 is 2.62 bits per heavy atom. The number of aromatic nitrogens is 2. The van der Waals surface area contributed by atoms with Crippen LogP contribution >= 0.6 is 0 Å². The van der Waals surface area contributed by atoms with Crippen LogP contribution in [0.5, 0.6) is 0 Å². The summed E-state index contributed by atoms with van der Waals surface area (Å²) in [6, 6.07) is 9.17. The topological polar surface area (TPSA) is 29.9 Å². The summed E-state index contributed by atoms with van der Waals surface area (Å²) in [6.07, 6.45) is 2.38. The Bertz CT molecular complexity index is 667. The zero-order chi connectivity index (χ0) is 15.2. The third-order valence-electron chi connectivity index (χ3n) is 4.98. The highest BCUT2D eigenvalue weighted by atomic mass is 15.3. The van der Waals surface area contributed by atoms with Gasteiger partial charge in [-0.15, -0.1) is 0 Å². The lowest BCUT2D eigenvalue weighted by molar-refractivity contribution is 0.265. The van der Waals surface area contributed by atoms with Crippen molar-refractivity contribution < 1.29 is 0 Å². The standard InChI is InChI=1S/C18H25N3/c1-12-16(13(2)21(5)20-12)19-17-15-9-7-6-8-14(15)10-11-18(17,3)4/h6-9,17,19H,10-11H2,1-5H3. The third-order valence-corrected chi connectivity index (χ3v) is 4.98. The van der Waals surface area contributed by atoms with Crippen molar-refractivity contribution in [3.8, 4) is 0 Å². The smallest absolute Gasteiger partial charge is 0.0828 e. The second kappa shape index (κ2) is 4.90. The maximum atomic E-state index is 4.53. The number of anilines is 1. The second-order valence-corrected chi connectivity index (χ2v) is 6.93.